The molecule has 1 aromatic heterocycles. The lowest BCUT2D eigenvalue weighted by Gasteiger charge is -2.16. The van der Waals surface area contributed by atoms with Crippen molar-refractivity contribution in [3.63, 3.8) is 0 Å². The molecule has 2 aromatic carbocycles. The number of aryl methyl sites for hydroxylation is 2. The molecule has 2 N–H and O–H groups in total. The lowest BCUT2D eigenvalue weighted by Crippen LogP contribution is -2.17. The Labute approximate surface area is 133 Å². The predicted octanol–water partition coefficient (Wildman–Crippen LogP) is 4.12. The highest BCUT2D eigenvalue weighted by molar-refractivity contribution is 5.82. The second-order valence-electron chi connectivity index (χ2n) is 5.94. The minimum atomic E-state index is -0.881. The van der Waals surface area contributed by atoms with Crippen molar-refractivity contribution in [3.05, 3.63) is 53.1 Å². The summed E-state index contributed by atoms with van der Waals surface area (Å²) in [6.45, 7) is 6.47. The van der Waals surface area contributed by atoms with E-state index in [1.807, 2.05) is 31.4 Å². The maximum atomic E-state index is 13.6. The molecule has 120 valence electrons. The monoisotopic (exact) mass is 315 g/mol. The molecule has 3 aromatic rings. The van der Waals surface area contributed by atoms with Crippen LogP contribution in [0.15, 0.2) is 30.3 Å². The van der Waals surface area contributed by atoms with Gasteiger partial charge in [0.25, 0.3) is 0 Å². The number of benzene rings is 2. The highest BCUT2D eigenvalue weighted by Gasteiger charge is 2.18. The van der Waals surface area contributed by atoms with E-state index in [1.54, 1.807) is 6.07 Å². The van der Waals surface area contributed by atoms with Crippen LogP contribution in [0, 0.1) is 25.5 Å². The number of imidazole rings is 1. The van der Waals surface area contributed by atoms with E-state index >= 15 is 0 Å². The fraction of sp³-hybridized carbons (Fsp3) is 0.278. The Balaban J connectivity index is 2.32. The summed E-state index contributed by atoms with van der Waals surface area (Å²) in [6.07, 6.45) is 0. The molecule has 0 bridgehead atoms. The zero-order valence-electron chi connectivity index (χ0n) is 13.4. The quantitative estimate of drug-likeness (QED) is 0.790. The number of aromatic nitrogens is 2. The van der Waals surface area contributed by atoms with Gasteiger partial charge in [-0.3, -0.25) is 0 Å². The minimum Gasteiger partial charge on any atom is -0.328 e. The first-order valence-corrected chi connectivity index (χ1v) is 7.57. The highest BCUT2D eigenvalue weighted by atomic mass is 19.2. The maximum absolute atomic E-state index is 13.6. The van der Waals surface area contributed by atoms with E-state index in [9.17, 15) is 8.78 Å². The number of halogens is 2. The topological polar surface area (TPSA) is 43.8 Å². The van der Waals surface area contributed by atoms with Crippen molar-refractivity contribution in [1.82, 2.24) is 9.55 Å². The molecule has 0 saturated heterocycles. The van der Waals surface area contributed by atoms with Crippen molar-refractivity contribution in [2.45, 2.75) is 26.8 Å². The van der Waals surface area contributed by atoms with Crippen LogP contribution in [0.25, 0.3) is 22.4 Å². The first kappa shape index (κ1) is 15.6. The second kappa shape index (κ2) is 5.74. The molecule has 1 heterocycles. The van der Waals surface area contributed by atoms with Gasteiger partial charge in [-0.15, -0.1) is 0 Å². The first-order chi connectivity index (χ1) is 10.9. The van der Waals surface area contributed by atoms with Crippen molar-refractivity contribution in [2.24, 2.45) is 5.73 Å². The Kier molecular flexibility index (Phi) is 3.90. The lowest BCUT2D eigenvalue weighted by atomic mass is 10.1. The smallest absolute Gasteiger partial charge is 0.159 e. The van der Waals surface area contributed by atoms with Crippen molar-refractivity contribution >= 4 is 11.0 Å². The number of hydrogen-bond donors (Lipinski definition) is 1. The van der Waals surface area contributed by atoms with E-state index in [0.717, 1.165) is 28.2 Å². The van der Waals surface area contributed by atoms with Crippen LogP contribution in [-0.4, -0.2) is 16.1 Å². The van der Waals surface area contributed by atoms with E-state index in [2.05, 4.69) is 11.1 Å². The average molecular weight is 315 g/mol. The van der Waals surface area contributed by atoms with E-state index in [1.165, 1.54) is 6.07 Å². The van der Waals surface area contributed by atoms with Crippen LogP contribution in [0.5, 0.6) is 0 Å². The molecule has 0 aliphatic rings. The summed E-state index contributed by atoms with van der Waals surface area (Å²) < 4.78 is 28.8. The summed E-state index contributed by atoms with van der Waals surface area (Å²) >= 11 is 0. The Bertz CT molecular complexity index is 884. The van der Waals surface area contributed by atoms with Gasteiger partial charge in [0.1, 0.15) is 5.82 Å². The Hall–Kier alpha value is -2.27. The maximum Gasteiger partial charge on any atom is 0.159 e. The normalized spacial score (nSPS) is 12.8. The van der Waals surface area contributed by atoms with Gasteiger partial charge in [-0.25, -0.2) is 13.8 Å². The Morgan fingerprint density at radius 3 is 2.43 bits per heavy atom. The van der Waals surface area contributed by atoms with Crippen LogP contribution in [-0.2, 0) is 0 Å². The van der Waals surface area contributed by atoms with Crippen molar-refractivity contribution in [1.29, 1.82) is 0 Å². The number of fused-ring (bicyclic) bond motifs is 1. The zero-order chi connectivity index (χ0) is 16.7. The molecule has 0 radical (unpaired) electrons. The predicted molar refractivity (Wildman–Crippen MR) is 88.3 cm³/mol. The second-order valence-corrected chi connectivity index (χ2v) is 5.94. The summed E-state index contributed by atoms with van der Waals surface area (Å²) in [6, 6.07) is 7.90. The highest BCUT2D eigenvalue weighted by Crippen LogP contribution is 2.30. The van der Waals surface area contributed by atoms with Gasteiger partial charge >= 0.3 is 0 Å². The van der Waals surface area contributed by atoms with Crippen LogP contribution in [0.3, 0.4) is 0 Å². The SMILES string of the molecule is Cc1cc2nc(-c3ccc(F)c(F)c3)n(C(C)CN)c2cc1C. The summed E-state index contributed by atoms with van der Waals surface area (Å²) in [7, 11) is 0. The summed E-state index contributed by atoms with van der Waals surface area (Å²) in [5.74, 6) is -1.15. The van der Waals surface area contributed by atoms with Gasteiger partial charge < -0.3 is 10.3 Å². The molecular weight excluding hydrogens is 296 g/mol. The van der Waals surface area contributed by atoms with Gasteiger partial charge in [-0.05, 0) is 62.2 Å². The molecule has 0 saturated carbocycles. The third kappa shape index (κ3) is 2.61. The molecule has 0 fully saturated rings. The molecule has 1 atom stereocenters. The number of rotatable bonds is 3. The van der Waals surface area contributed by atoms with E-state index in [0.29, 0.717) is 17.9 Å². The fourth-order valence-electron chi connectivity index (χ4n) is 2.74. The molecule has 0 aliphatic heterocycles. The molecule has 0 aliphatic carbocycles. The van der Waals surface area contributed by atoms with Crippen molar-refractivity contribution in [2.75, 3.05) is 6.54 Å². The van der Waals surface area contributed by atoms with Crippen molar-refractivity contribution in [3.8, 4) is 11.4 Å². The van der Waals surface area contributed by atoms with Crippen LogP contribution >= 0.6 is 0 Å². The average Bonchev–Trinajstić information content (AvgIpc) is 2.88. The molecule has 0 spiro atoms. The summed E-state index contributed by atoms with van der Waals surface area (Å²) in [5.41, 5.74) is 10.4. The Morgan fingerprint density at radius 2 is 1.78 bits per heavy atom. The van der Waals surface area contributed by atoms with E-state index in [-0.39, 0.29) is 6.04 Å². The summed E-state index contributed by atoms with van der Waals surface area (Å²) in [5, 5.41) is 0. The van der Waals surface area contributed by atoms with Crippen LogP contribution in [0.2, 0.25) is 0 Å². The van der Waals surface area contributed by atoms with Crippen LogP contribution < -0.4 is 5.73 Å². The zero-order valence-corrected chi connectivity index (χ0v) is 13.4. The molecule has 1 unspecified atom stereocenters. The largest absolute Gasteiger partial charge is 0.328 e. The third-order valence-electron chi connectivity index (χ3n) is 4.26. The number of nitrogens with zero attached hydrogens (tertiary/aromatic N) is 2. The molecular formula is C18H19F2N3. The molecule has 3 nitrogen and oxygen atoms in total. The van der Waals surface area contributed by atoms with E-state index < -0.39 is 11.6 Å². The van der Waals surface area contributed by atoms with Gasteiger partial charge in [0, 0.05) is 18.2 Å². The molecule has 23 heavy (non-hydrogen) atoms. The van der Waals surface area contributed by atoms with Gasteiger partial charge in [-0.2, -0.15) is 0 Å². The van der Waals surface area contributed by atoms with Gasteiger partial charge in [0.15, 0.2) is 11.6 Å². The summed E-state index contributed by atoms with van der Waals surface area (Å²) in [4.78, 5) is 4.64. The Morgan fingerprint density at radius 1 is 1.09 bits per heavy atom. The third-order valence-corrected chi connectivity index (χ3v) is 4.26. The van der Waals surface area contributed by atoms with Gasteiger partial charge in [0.05, 0.1) is 11.0 Å². The molecule has 0 amide bonds. The molecule has 5 heteroatoms. The van der Waals surface area contributed by atoms with Crippen LogP contribution in [0.1, 0.15) is 24.1 Å². The fourth-order valence-corrected chi connectivity index (χ4v) is 2.74. The standard InChI is InChI=1S/C18H19F2N3/c1-10-6-16-17(7-11(10)2)23(12(3)9-21)18(22-16)13-4-5-14(19)15(20)8-13/h4-8,12H,9,21H2,1-3H3. The number of hydrogen-bond acceptors (Lipinski definition) is 2. The molecule has 3 rings (SSSR count). The lowest BCUT2D eigenvalue weighted by molar-refractivity contribution is 0.508. The van der Waals surface area contributed by atoms with Crippen molar-refractivity contribution < 1.29 is 8.78 Å². The van der Waals surface area contributed by atoms with Gasteiger partial charge in [0.2, 0.25) is 0 Å². The minimum absolute atomic E-state index is 0.00906. The first-order valence-electron chi connectivity index (χ1n) is 7.57. The number of nitrogens with two attached hydrogens (primary N) is 1. The van der Waals surface area contributed by atoms with Crippen LogP contribution in [0.4, 0.5) is 8.78 Å². The van der Waals surface area contributed by atoms with Gasteiger partial charge in [-0.1, -0.05) is 0 Å². The van der Waals surface area contributed by atoms with E-state index in [4.69, 9.17) is 5.73 Å².